The normalized spacial score (nSPS) is 10.1. The number of rotatable bonds is 4. The van der Waals surface area contributed by atoms with E-state index in [1.54, 1.807) is 6.92 Å². The van der Waals surface area contributed by atoms with E-state index in [1.165, 1.54) is 30.3 Å². The lowest BCUT2D eigenvalue weighted by Crippen LogP contribution is -2.10. The number of aryl methyl sites for hydroxylation is 1. The van der Waals surface area contributed by atoms with Crippen LogP contribution in [0.1, 0.15) is 24.9 Å². The molecule has 8 heteroatoms. The number of carboxylic acid groups (broad SMARTS) is 1. The topological polar surface area (TPSA) is 110 Å². The lowest BCUT2D eigenvalue weighted by Gasteiger charge is -2.05. The van der Waals surface area contributed by atoms with Crippen molar-refractivity contribution in [2.75, 3.05) is 5.32 Å². The number of carbonyl (C=O) groups is 2. The molecular weight excluding hydrogens is 296 g/mol. The van der Waals surface area contributed by atoms with Gasteiger partial charge in [0.1, 0.15) is 4.88 Å². The minimum absolute atomic E-state index is 0.0303. The van der Waals surface area contributed by atoms with Crippen molar-refractivity contribution in [2.45, 2.75) is 6.92 Å². The maximum Gasteiger partial charge on any atom is 0.345 e. The molecule has 7 nitrogen and oxygen atoms in total. The number of aromatic carboxylic acids is 1. The second-order valence-corrected chi connectivity index (χ2v) is 5.27. The van der Waals surface area contributed by atoms with E-state index in [0.717, 1.165) is 11.3 Å². The number of thiophene rings is 1. The molecule has 0 aliphatic carbocycles. The zero-order valence-electron chi connectivity index (χ0n) is 10.8. The Morgan fingerprint density at radius 2 is 1.90 bits per heavy atom. The van der Waals surface area contributed by atoms with Gasteiger partial charge in [-0.15, -0.1) is 11.3 Å². The number of anilines is 1. The van der Waals surface area contributed by atoms with Crippen LogP contribution in [0.15, 0.2) is 30.3 Å². The zero-order valence-corrected chi connectivity index (χ0v) is 11.6. The van der Waals surface area contributed by atoms with E-state index in [2.05, 4.69) is 5.32 Å². The molecule has 1 aromatic heterocycles. The fourth-order valence-electron chi connectivity index (χ4n) is 1.71. The predicted octanol–water partition coefficient (Wildman–Crippen LogP) is 2.92. The van der Waals surface area contributed by atoms with Crippen molar-refractivity contribution in [3.8, 4) is 0 Å². The summed E-state index contributed by atoms with van der Waals surface area (Å²) in [4.78, 5) is 33.2. The smallest absolute Gasteiger partial charge is 0.345 e. The van der Waals surface area contributed by atoms with Crippen molar-refractivity contribution in [2.24, 2.45) is 0 Å². The maximum absolute atomic E-state index is 12.0. The highest BCUT2D eigenvalue weighted by atomic mass is 32.1. The lowest BCUT2D eigenvalue weighted by molar-refractivity contribution is -0.385. The molecule has 1 amide bonds. The standard InChI is InChI=1S/C13H10N2O5S/c1-7-6-8(2-3-9(7)15(19)20)14-12(16)10-4-5-11(21-10)13(17)18/h2-6H,1H3,(H,14,16)(H,17,18). The largest absolute Gasteiger partial charge is 0.477 e. The van der Waals surface area contributed by atoms with Gasteiger partial charge in [0, 0.05) is 17.3 Å². The average molecular weight is 306 g/mol. The van der Waals surface area contributed by atoms with Crippen molar-refractivity contribution < 1.29 is 19.6 Å². The summed E-state index contributed by atoms with van der Waals surface area (Å²) in [5.41, 5.74) is 0.806. The molecule has 1 aromatic carbocycles. The minimum atomic E-state index is -1.09. The first-order valence-corrected chi connectivity index (χ1v) is 6.59. The van der Waals surface area contributed by atoms with Gasteiger partial charge in [0.05, 0.1) is 9.80 Å². The molecule has 0 aliphatic heterocycles. The summed E-state index contributed by atoms with van der Waals surface area (Å²) in [5.74, 6) is -1.55. The molecule has 0 unspecified atom stereocenters. The van der Waals surface area contributed by atoms with Crippen LogP contribution in [0.2, 0.25) is 0 Å². The predicted molar refractivity (Wildman–Crippen MR) is 77.1 cm³/mol. The van der Waals surface area contributed by atoms with Crippen molar-refractivity contribution in [1.29, 1.82) is 0 Å². The number of hydrogen-bond acceptors (Lipinski definition) is 5. The highest BCUT2D eigenvalue weighted by Gasteiger charge is 2.15. The van der Waals surface area contributed by atoms with Crippen molar-refractivity contribution in [1.82, 2.24) is 0 Å². The number of amides is 1. The Morgan fingerprint density at radius 1 is 1.24 bits per heavy atom. The van der Waals surface area contributed by atoms with Gasteiger partial charge >= 0.3 is 5.97 Å². The number of nitrogens with one attached hydrogen (secondary N) is 1. The number of benzene rings is 1. The van der Waals surface area contributed by atoms with Gasteiger partial charge in [-0.3, -0.25) is 14.9 Å². The van der Waals surface area contributed by atoms with Crippen LogP contribution in [-0.2, 0) is 0 Å². The van der Waals surface area contributed by atoms with E-state index in [4.69, 9.17) is 5.11 Å². The van der Waals surface area contributed by atoms with E-state index in [9.17, 15) is 19.7 Å². The lowest BCUT2D eigenvalue weighted by atomic mass is 10.2. The molecule has 2 N–H and O–H groups in total. The van der Waals surface area contributed by atoms with Gasteiger partial charge in [-0.05, 0) is 31.2 Å². The van der Waals surface area contributed by atoms with E-state index in [1.807, 2.05) is 0 Å². The number of hydrogen-bond donors (Lipinski definition) is 2. The van der Waals surface area contributed by atoms with Gasteiger partial charge in [-0.2, -0.15) is 0 Å². The molecular formula is C13H10N2O5S. The molecule has 1 heterocycles. The number of nitro groups is 1. The molecule has 2 aromatic rings. The zero-order chi connectivity index (χ0) is 15.6. The molecule has 108 valence electrons. The molecule has 0 saturated carbocycles. The molecule has 0 spiro atoms. The average Bonchev–Trinajstić information content (AvgIpc) is 2.88. The SMILES string of the molecule is Cc1cc(NC(=O)c2ccc(C(=O)O)s2)ccc1[N+](=O)[O-]. The first kappa shape index (κ1) is 14.7. The summed E-state index contributed by atoms with van der Waals surface area (Å²) in [6.07, 6.45) is 0. The van der Waals surface area contributed by atoms with E-state index in [0.29, 0.717) is 11.3 Å². The van der Waals surface area contributed by atoms with Gasteiger partial charge in [0.2, 0.25) is 0 Å². The molecule has 0 radical (unpaired) electrons. The highest BCUT2D eigenvalue weighted by Crippen LogP contribution is 2.23. The van der Waals surface area contributed by atoms with Crippen LogP contribution < -0.4 is 5.32 Å². The minimum Gasteiger partial charge on any atom is -0.477 e. The van der Waals surface area contributed by atoms with Crippen molar-refractivity contribution in [3.63, 3.8) is 0 Å². The third kappa shape index (κ3) is 3.23. The highest BCUT2D eigenvalue weighted by molar-refractivity contribution is 7.15. The van der Waals surface area contributed by atoms with Crippen molar-refractivity contribution in [3.05, 3.63) is 55.8 Å². The fraction of sp³-hybridized carbons (Fsp3) is 0.0769. The number of nitro benzene ring substituents is 1. The second kappa shape index (κ2) is 5.71. The summed E-state index contributed by atoms with van der Waals surface area (Å²) in [6.45, 7) is 1.57. The Balaban J connectivity index is 2.17. The molecule has 0 atom stereocenters. The van der Waals surface area contributed by atoms with Gasteiger partial charge in [-0.25, -0.2) is 4.79 Å². The van der Waals surface area contributed by atoms with Crippen LogP contribution >= 0.6 is 11.3 Å². The first-order chi connectivity index (χ1) is 9.88. The molecule has 0 saturated heterocycles. The quantitative estimate of drug-likeness (QED) is 0.666. The Labute approximate surface area is 123 Å². The summed E-state index contributed by atoms with van der Waals surface area (Å²) in [7, 11) is 0. The Bertz CT molecular complexity index is 738. The molecule has 0 aliphatic rings. The molecule has 0 bridgehead atoms. The second-order valence-electron chi connectivity index (χ2n) is 4.18. The van der Waals surface area contributed by atoms with E-state index >= 15 is 0 Å². The number of carbonyl (C=O) groups excluding carboxylic acids is 1. The maximum atomic E-state index is 12.0. The Hall–Kier alpha value is -2.74. The number of carboxylic acids is 1. The van der Waals surface area contributed by atoms with E-state index < -0.39 is 16.8 Å². The van der Waals surface area contributed by atoms with Gasteiger partial charge in [-0.1, -0.05) is 0 Å². The summed E-state index contributed by atoms with van der Waals surface area (Å²) in [6, 6.07) is 6.99. The summed E-state index contributed by atoms with van der Waals surface area (Å²) in [5, 5.41) is 22.1. The van der Waals surface area contributed by atoms with E-state index in [-0.39, 0.29) is 15.4 Å². The van der Waals surface area contributed by atoms with Crippen LogP contribution in [0.5, 0.6) is 0 Å². The van der Waals surface area contributed by atoms with Crippen LogP contribution in [0.25, 0.3) is 0 Å². The first-order valence-electron chi connectivity index (χ1n) is 5.78. The van der Waals surface area contributed by atoms with Gasteiger partial charge in [0.25, 0.3) is 11.6 Å². The Morgan fingerprint density at radius 3 is 2.43 bits per heavy atom. The fourth-order valence-corrected chi connectivity index (χ4v) is 2.45. The monoisotopic (exact) mass is 306 g/mol. The van der Waals surface area contributed by atoms with Crippen LogP contribution in [0.4, 0.5) is 11.4 Å². The molecule has 2 rings (SSSR count). The Kier molecular flexibility index (Phi) is 3.99. The van der Waals surface area contributed by atoms with Gasteiger partial charge < -0.3 is 10.4 Å². The van der Waals surface area contributed by atoms with Crippen LogP contribution in [0.3, 0.4) is 0 Å². The van der Waals surface area contributed by atoms with Crippen molar-refractivity contribution >= 4 is 34.6 Å². The van der Waals surface area contributed by atoms with Crippen LogP contribution in [0, 0.1) is 17.0 Å². The summed E-state index contributed by atoms with van der Waals surface area (Å²) >= 11 is 0.861. The third-order valence-electron chi connectivity index (χ3n) is 2.69. The molecule has 0 fully saturated rings. The number of nitrogens with zero attached hydrogens (tertiary/aromatic N) is 1. The third-order valence-corrected chi connectivity index (χ3v) is 3.76. The van der Waals surface area contributed by atoms with Crippen LogP contribution in [-0.4, -0.2) is 21.9 Å². The summed E-state index contributed by atoms with van der Waals surface area (Å²) < 4.78 is 0. The van der Waals surface area contributed by atoms with Gasteiger partial charge in [0.15, 0.2) is 0 Å². The molecule has 21 heavy (non-hydrogen) atoms.